The molecule has 2 N–H and O–H groups in total. The Bertz CT molecular complexity index is 1540. The van der Waals surface area contributed by atoms with Gasteiger partial charge in [0.2, 0.25) is 11.8 Å². The fraction of sp³-hybridized carbons (Fsp3) is 0.207. The van der Waals surface area contributed by atoms with E-state index in [0.29, 0.717) is 53.9 Å². The smallest absolute Gasteiger partial charge is 0.246 e. The van der Waals surface area contributed by atoms with E-state index in [1.165, 1.54) is 6.08 Å². The van der Waals surface area contributed by atoms with E-state index < -0.39 is 0 Å². The highest BCUT2D eigenvalue weighted by Crippen LogP contribution is 2.36. The molecule has 2 aromatic heterocycles. The second-order valence-corrected chi connectivity index (χ2v) is 8.97. The number of anilines is 2. The number of hydrogen-bond donors (Lipinski definition) is 2. The van der Waals surface area contributed by atoms with Gasteiger partial charge in [0.1, 0.15) is 17.3 Å². The topological polar surface area (TPSA) is 106 Å². The van der Waals surface area contributed by atoms with Crippen LogP contribution in [-0.2, 0) is 16.1 Å². The zero-order chi connectivity index (χ0) is 26.6. The van der Waals surface area contributed by atoms with E-state index in [-0.39, 0.29) is 11.8 Å². The van der Waals surface area contributed by atoms with Crippen LogP contribution in [0.3, 0.4) is 0 Å². The van der Waals surface area contributed by atoms with Crippen molar-refractivity contribution in [3.63, 3.8) is 0 Å². The molecule has 1 aliphatic heterocycles. The Morgan fingerprint density at radius 2 is 2.00 bits per heavy atom. The van der Waals surface area contributed by atoms with Crippen LogP contribution >= 0.6 is 0 Å². The maximum absolute atomic E-state index is 12.9. The molecule has 0 bridgehead atoms. The first-order valence-corrected chi connectivity index (χ1v) is 12.2. The van der Waals surface area contributed by atoms with E-state index in [0.717, 1.165) is 22.2 Å². The zero-order valence-corrected chi connectivity index (χ0v) is 21.4. The first-order chi connectivity index (χ1) is 18.4. The van der Waals surface area contributed by atoms with Gasteiger partial charge in [0.05, 0.1) is 12.8 Å². The van der Waals surface area contributed by atoms with Gasteiger partial charge in [-0.25, -0.2) is 4.98 Å². The van der Waals surface area contributed by atoms with Crippen molar-refractivity contribution in [3.8, 4) is 17.2 Å². The van der Waals surface area contributed by atoms with Crippen LogP contribution in [0.15, 0.2) is 65.2 Å². The third-order valence-corrected chi connectivity index (χ3v) is 6.28. The molecule has 2 amide bonds. The van der Waals surface area contributed by atoms with Gasteiger partial charge in [-0.15, -0.1) is 0 Å². The van der Waals surface area contributed by atoms with Gasteiger partial charge >= 0.3 is 0 Å². The summed E-state index contributed by atoms with van der Waals surface area (Å²) < 4.78 is 17.5. The van der Waals surface area contributed by atoms with Crippen LogP contribution in [0.4, 0.5) is 11.5 Å². The number of benzene rings is 2. The molecule has 194 valence electrons. The van der Waals surface area contributed by atoms with E-state index in [1.54, 1.807) is 37.4 Å². The Morgan fingerprint density at radius 1 is 1.18 bits per heavy atom. The number of amides is 2. The number of rotatable bonds is 7. The highest BCUT2D eigenvalue weighted by Gasteiger charge is 2.18. The summed E-state index contributed by atoms with van der Waals surface area (Å²) in [6.45, 7) is 2.77. The van der Waals surface area contributed by atoms with Gasteiger partial charge in [0.15, 0.2) is 17.2 Å². The SMILES string of the molecule is COc1cccc(Oc2cccc3c(CN(C)C(=O)/C=C/c4cnc5c(c4)NCCC(=O)N5)c(C)oc23)c1. The number of ether oxygens (including phenoxy) is 2. The largest absolute Gasteiger partial charge is 0.497 e. The summed E-state index contributed by atoms with van der Waals surface area (Å²) in [5.41, 5.74) is 3.01. The molecule has 9 nitrogen and oxygen atoms in total. The van der Waals surface area contributed by atoms with Crippen molar-refractivity contribution in [1.29, 1.82) is 0 Å². The monoisotopic (exact) mass is 512 g/mol. The molecule has 0 saturated heterocycles. The predicted molar refractivity (Wildman–Crippen MR) is 146 cm³/mol. The molecule has 0 radical (unpaired) electrons. The van der Waals surface area contributed by atoms with Gasteiger partial charge in [-0.2, -0.15) is 0 Å². The maximum atomic E-state index is 12.9. The minimum absolute atomic E-state index is 0.0788. The van der Waals surface area contributed by atoms with Gasteiger partial charge in [0, 0.05) is 55.8 Å². The number of pyridine rings is 1. The van der Waals surface area contributed by atoms with Crippen LogP contribution in [0.5, 0.6) is 17.2 Å². The normalized spacial score (nSPS) is 13.0. The lowest BCUT2D eigenvalue weighted by Gasteiger charge is -2.15. The van der Waals surface area contributed by atoms with Crippen LogP contribution < -0.4 is 20.1 Å². The molecular weight excluding hydrogens is 484 g/mol. The molecule has 0 atom stereocenters. The van der Waals surface area contributed by atoms with Crippen molar-refractivity contribution >= 4 is 40.4 Å². The van der Waals surface area contributed by atoms with Crippen LogP contribution in [0.25, 0.3) is 17.0 Å². The van der Waals surface area contributed by atoms with Gasteiger partial charge in [-0.3, -0.25) is 9.59 Å². The predicted octanol–water partition coefficient (Wildman–Crippen LogP) is 5.36. The van der Waals surface area contributed by atoms with E-state index in [9.17, 15) is 9.59 Å². The van der Waals surface area contributed by atoms with Crippen LogP contribution in [0.1, 0.15) is 23.3 Å². The molecule has 0 unspecified atom stereocenters. The molecule has 0 saturated carbocycles. The van der Waals surface area contributed by atoms with Gasteiger partial charge in [-0.05, 0) is 42.8 Å². The van der Waals surface area contributed by atoms with Crippen LogP contribution in [0.2, 0.25) is 0 Å². The Labute approximate surface area is 220 Å². The Morgan fingerprint density at radius 3 is 2.84 bits per heavy atom. The molecule has 0 aliphatic carbocycles. The Kier molecular flexibility index (Phi) is 6.99. The minimum atomic E-state index is -0.168. The number of carbonyl (C=O) groups is 2. The second-order valence-electron chi connectivity index (χ2n) is 8.97. The number of fused-ring (bicyclic) bond motifs is 2. The van der Waals surface area contributed by atoms with E-state index in [2.05, 4.69) is 15.6 Å². The van der Waals surface area contributed by atoms with E-state index >= 15 is 0 Å². The summed E-state index contributed by atoms with van der Waals surface area (Å²) in [6.07, 6.45) is 5.21. The molecule has 9 heteroatoms. The van der Waals surface area contributed by atoms with E-state index in [1.807, 2.05) is 49.4 Å². The molecule has 2 aromatic carbocycles. The number of para-hydroxylation sites is 1. The number of nitrogens with one attached hydrogen (secondary N) is 2. The average Bonchev–Trinajstić information content (AvgIpc) is 3.11. The third-order valence-electron chi connectivity index (χ3n) is 6.28. The highest BCUT2D eigenvalue weighted by molar-refractivity contribution is 5.95. The summed E-state index contributed by atoms with van der Waals surface area (Å²) in [6, 6.07) is 14.9. The van der Waals surface area contributed by atoms with Crippen molar-refractivity contribution in [2.24, 2.45) is 0 Å². The fourth-order valence-corrected chi connectivity index (χ4v) is 4.25. The molecule has 0 spiro atoms. The number of aromatic nitrogens is 1. The molecule has 5 rings (SSSR count). The van der Waals surface area contributed by atoms with Crippen molar-refractivity contribution in [3.05, 3.63) is 77.7 Å². The number of likely N-dealkylation sites (N-methyl/N-ethyl adjacent to an activating group) is 1. The van der Waals surface area contributed by atoms with Crippen LogP contribution in [0, 0.1) is 6.92 Å². The van der Waals surface area contributed by atoms with E-state index in [4.69, 9.17) is 13.9 Å². The summed E-state index contributed by atoms with van der Waals surface area (Å²) in [5, 5.41) is 6.83. The number of nitrogens with zero attached hydrogens (tertiary/aromatic N) is 2. The third kappa shape index (κ3) is 5.31. The molecule has 0 fully saturated rings. The summed E-state index contributed by atoms with van der Waals surface area (Å²) in [7, 11) is 3.35. The number of aryl methyl sites for hydroxylation is 1. The number of carbonyl (C=O) groups excluding carboxylic acids is 2. The van der Waals surface area contributed by atoms with Crippen molar-refractivity contribution in [2.45, 2.75) is 19.9 Å². The molecule has 3 heterocycles. The first-order valence-electron chi connectivity index (χ1n) is 12.2. The number of furan rings is 1. The van der Waals surface area contributed by atoms with Gasteiger partial charge < -0.3 is 29.4 Å². The quantitative estimate of drug-likeness (QED) is 0.321. The Balaban J connectivity index is 1.31. The second kappa shape index (κ2) is 10.7. The molecular formula is C29H28N4O5. The Hall–Kier alpha value is -4.79. The number of methoxy groups -OCH3 is 1. The molecule has 38 heavy (non-hydrogen) atoms. The lowest BCUT2D eigenvalue weighted by molar-refractivity contribution is -0.125. The van der Waals surface area contributed by atoms with Crippen molar-refractivity contribution < 1.29 is 23.5 Å². The summed E-state index contributed by atoms with van der Waals surface area (Å²) >= 11 is 0. The lowest BCUT2D eigenvalue weighted by Crippen LogP contribution is -2.24. The van der Waals surface area contributed by atoms with Crippen molar-refractivity contribution in [1.82, 2.24) is 9.88 Å². The summed E-state index contributed by atoms with van der Waals surface area (Å²) in [4.78, 5) is 30.6. The standard InChI is InChI=1S/C29H28N4O5/c1-18-23(22-8-5-9-25(28(22)37-18)38-21-7-4-6-20(15-21)36-3)17-33(2)27(35)11-10-19-14-24-29(31-16-19)32-26(34)12-13-30-24/h4-11,14-16,30H,12-13,17H2,1-3H3,(H,31,32,34)/b11-10+. The average molecular weight is 513 g/mol. The minimum Gasteiger partial charge on any atom is -0.497 e. The van der Waals surface area contributed by atoms with Gasteiger partial charge in [0.25, 0.3) is 0 Å². The zero-order valence-electron chi connectivity index (χ0n) is 21.4. The highest BCUT2D eigenvalue weighted by atomic mass is 16.5. The molecule has 1 aliphatic rings. The lowest BCUT2D eigenvalue weighted by atomic mass is 10.1. The fourth-order valence-electron chi connectivity index (χ4n) is 4.25. The summed E-state index contributed by atoms with van der Waals surface area (Å²) in [5.74, 6) is 2.88. The van der Waals surface area contributed by atoms with Gasteiger partial charge in [-0.1, -0.05) is 18.2 Å². The van der Waals surface area contributed by atoms with Crippen LogP contribution in [-0.4, -0.2) is 42.4 Å². The maximum Gasteiger partial charge on any atom is 0.246 e. The van der Waals surface area contributed by atoms with Crippen molar-refractivity contribution in [2.75, 3.05) is 31.3 Å². The number of hydrogen-bond acceptors (Lipinski definition) is 7. The molecule has 4 aromatic rings. The first kappa shape index (κ1) is 24.9.